The molecule has 1 amide bonds. The lowest BCUT2D eigenvalue weighted by Crippen LogP contribution is -2.20. The maximum absolute atomic E-state index is 11.9. The maximum atomic E-state index is 11.9. The molecule has 25 heavy (non-hydrogen) atoms. The summed E-state index contributed by atoms with van der Waals surface area (Å²) in [5.41, 5.74) is 3.97. The zero-order valence-corrected chi connectivity index (χ0v) is 16.3. The van der Waals surface area contributed by atoms with Crippen LogP contribution in [0.5, 0.6) is 0 Å². The van der Waals surface area contributed by atoms with Crippen LogP contribution < -0.4 is 10.3 Å². The van der Waals surface area contributed by atoms with Gasteiger partial charge in [0.25, 0.3) is 0 Å². The molecule has 132 valence electrons. The third-order valence-electron chi connectivity index (χ3n) is 2.93. The van der Waals surface area contributed by atoms with Crippen molar-refractivity contribution in [3.05, 3.63) is 45.6 Å². The minimum Gasteiger partial charge on any atom is -0.347 e. The fourth-order valence-corrected chi connectivity index (χ4v) is 2.95. The van der Waals surface area contributed by atoms with Crippen LogP contribution in [0.1, 0.15) is 11.3 Å². The van der Waals surface area contributed by atoms with E-state index in [0.717, 1.165) is 10.7 Å². The van der Waals surface area contributed by atoms with Crippen LogP contribution >= 0.6 is 35.0 Å². The van der Waals surface area contributed by atoms with E-state index in [9.17, 15) is 4.79 Å². The first-order chi connectivity index (χ1) is 11.8. The Bertz CT molecular complexity index is 798. The molecule has 0 saturated carbocycles. The SMILES string of the molecule is Cc1cc(SCC(=O)N/N=C/c2ccc(Cl)cc2Cl)nc(N(C)C)n1. The topological polar surface area (TPSA) is 70.5 Å². The quantitative estimate of drug-likeness (QED) is 0.350. The van der Waals surface area contributed by atoms with Crippen molar-refractivity contribution in [3.63, 3.8) is 0 Å². The van der Waals surface area contributed by atoms with Crippen molar-refractivity contribution in [3.8, 4) is 0 Å². The second-order valence-electron chi connectivity index (χ2n) is 5.29. The molecule has 1 aromatic carbocycles. The molecule has 0 unspecified atom stereocenters. The van der Waals surface area contributed by atoms with Crippen LogP contribution in [0.25, 0.3) is 0 Å². The number of amides is 1. The normalized spacial score (nSPS) is 10.9. The van der Waals surface area contributed by atoms with Gasteiger partial charge in [-0.15, -0.1) is 0 Å². The van der Waals surface area contributed by atoms with Crippen LogP contribution in [0.4, 0.5) is 5.95 Å². The molecule has 0 spiro atoms. The van der Waals surface area contributed by atoms with Gasteiger partial charge in [-0.1, -0.05) is 41.0 Å². The highest BCUT2D eigenvalue weighted by atomic mass is 35.5. The zero-order chi connectivity index (χ0) is 18.4. The number of rotatable bonds is 6. The van der Waals surface area contributed by atoms with Gasteiger partial charge in [0.2, 0.25) is 11.9 Å². The number of aryl methyl sites for hydroxylation is 1. The molecular formula is C16H17Cl2N5OS. The number of nitrogens with one attached hydrogen (secondary N) is 1. The van der Waals surface area contributed by atoms with Gasteiger partial charge in [-0.05, 0) is 25.1 Å². The van der Waals surface area contributed by atoms with Gasteiger partial charge in [0.15, 0.2) is 0 Å². The minimum atomic E-state index is -0.242. The Morgan fingerprint density at radius 2 is 2.08 bits per heavy atom. The van der Waals surface area contributed by atoms with Crippen LogP contribution in [0.3, 0.4) is 0 Å². The molecule has 0 aliphatic heterocycles. The van der Waals surface area contributed by atoms with Gasteiger partial charge < -0.3 is 4.90 Å². The second kappa shape index (κ2) is 9.03. The summed E-state index contributed by atoms with van der Waals surface area (Å²) in [7, 11) is 3.74. The highest BCUT2D eigenvalue weighted by molar-refractivity contribution is 7.99. The van der Waals surface area contributed by atoms with Gasteiger partial charge in [0.05, 0.1) is 17.0 Å². The fraction of sp³-hybridized carbons (Fsp3) is 0.250. The summed E-state index contributed by atoms with van der Waals surface area (Å²) in [5.74, 6) is 0.557. The lowest BCUT2D eigenvalue weighted by molar-refractivity contribution is -0.118. The Balaban J connectivity index is 1.89. The molecule has 1 heterocycles. The van der Waals surface area contributed by atoms with E-state index in [1.807, 2.05) is 32.0 Å². The second-order valence-corrected chi connectivity index (χ2v) is 7.13. The Labute approximate surface area is 160 Å². The smallest absolute Gasteiger partial charge is 0.250 e. The summed E-state index contributed by atoms with van der Waals surface area (Å²) in [4.78, 5) is 22.4. The van der Waals surface area contributed by atoms with Gasteiger partial charge in [-0.25, -0.2) is 15.4 Å². The number of hydrogen-bond acceptors (Lipinski definition) is 6. The molecule has 9 heteroatoms. The van der Waals surface area contributed by atoms with Crippen LogP contribution in [-0.4, -0.2) is 41.9 Å². The van der Waals surface area contributed by atoms with E-state index in [1.165, 1.54) is 18.0 Å². The molecular weight excluding hydrogens is 381 g/mol. The van der Waals surface area contributed by atoms with E-state index in [4.69, 9.17) is 23.2 Å². The molecule has 2 aromatic rings. The first-order valence-corrected chi connectivity index (χ1v) is 9.02. The van der Waals surface area contributed by atoms with Gasteiger partial charge in [0, 0.05) is 30.4 Å². The molecule has 0 radical (unpaired) electrons. The van der Waals surface area contributed by atoms with Crippen molar-refractivity contribution in [1.29, 1.82) is 0 Å². The molecule has 1 aromatic heterocycles. The van der Waals surface area contributed by atoms with Crippen molar-refractivity contribution in [2.45, 2.75) is 11.9 Å². The van der Waals surface area contributed by atoms with E-state index in [2.05, 4.69) is 20.5 Å². The van der Waals surface area contributed by atoms with Crippen molar-refractivity contribution in [2.75, 3.05) is 24.7 Å². The van der Waals surface area contributed by atoms with E-state index in [1.54, 1.807) is 18.2 Å². The number of anilines is 1. The molecule has 2 rings (SSSR count). The van der Waals surface area contributed by atoms with Crippen molar-refractivity contribution >= 4 is 53.0 Å². The molecule has 0 fully saturated rings. The Morgan fingerprint density at radius 1 is 1.32 bits per heavy atom. The van der Waals surface area contributed by atoms with Gasteiger partial charge >= 0.3 is 0 Å². The Hall–Kier alpha value is -1.83. The number of aromatic nitrogens is 2. The van der Waals surface area contributed by atoms with E-state index >= 15 is 0 Å². The third-order valence-corrected chi connectivity index (χ3v) is 4.40. The predicted molar refractivity (Wildman–Crippen MR) is 104 cm³/mol. The summed E-state index contributed by atoms with van der Waals surface area (Å²) >= 11 is 13.2. The number of thioether (sulfide) groups is 1. The molecule has 0 aliphatic carbocycles. The average molecular weight is 398 g/mol. The van der Waals surface area contributed by atoms with Gasteiger partial charge in [-0.2, -0.15) is 5.10 Å². The highest BCUT2D eigenvalue weighted by Crippen LogP contribution is 2.20. The largest absolute Gasteiger partial charge is 0.347 e. The molecule has 1 N–H and O–H groups in total. The first kappa shape index (κ1) is 19.5. The van der Waals surface area contributed by atoms with Gasteiger partial charge in [0.1, 0.15) is 5.03 Å². The average Bonchev–Trinajstić information content (AvgIpc) is 2.54. The van der Waals surface area contributed by atoms with Crippen LogP contribution in [-0.2, 0) is 4.79 Å². The summed E-state index contributed by atoms with van der Waals surface area (Å²) < 4.78 is 0. The van der Waals surface area contributed by atoms with Crippen LogP contribution in [0, 0.1) is 6.92 Å². The van der Waals surface area contributed by atoms with Crippen molar-refractivity contribution in [2.24, 2.45) is 5.10 Å². The summed E-state index contributed by atoms with van der Waals surface area (Å²) in [6.45, 7) is 1.89. The lowest BCUT2D eigenvalue weighted by atomic mass is 10.2. The zero-order valence-electron chi connectivity index (χ0n) is 14.0. The van der Waals surface area contributed by atoms with Crippen molar-refractivity contribution in [1.82, 2.24) is 15.4 Å². The monoisotopic (exact) mass is 397 g/mol. The van der Waals surface area contributed by atoms with E-state index in [0.29, 0.717) is 21.6 Å². The van der Waals surface area contributed by atoms with Crippen LogP contribution in [0.15, 0.2) is 34.4 Å². The number of halogens is 2. The number of hydrazone groups is 1. The number of carbonyl (C=O) groups is 1. The molecule has 0 bridgehead atoms. The Kier molecular flexibility index (Phi) is 7.04. The minimum absolute atomic E-state index is 0.189. The summed E-state index contributed by atoms with van der Waals surface area (Å²) in [5, 5.41) is 5.64. The predicted octanol–water partition coefficient (Wildman–Crippen LogP) is 3.40. The summed E-state index contributed by atoms with van der Waals surface area (Å²) in [6.07, 6.45) is 1.47. The number of carbonyl (C=O) groups excluding carboxylic acids is 1. The number of hydrogen-bond donors (Lipinski definition) is 1. The first-order valence-electron chi connectivity index (χ1n) is 7.28. The molecule has 0 aliphatic rings. The Morgan fingerprint density at radius 3 is 2.76 bits per heavy atom. The number of nitrogens with zero attached hydrogens (tertiary/aromatic N) is 4. The highest BCUT2D eigenvalue weighted by Gasteiger charge is 2.07. The van der Waals surface area contributed by atoms with Crippen molar-refractivity contribution < 1.29 is 4.79 Å². The van der Waals surface area contributed by atoms with E-state index in [-0.39, 0.29) is 11.7 Å². The van der Waals surface area contributed by atoms with Gasteiger partial charge in [-0.3, -0.25) is 4.79 Å². The molecule has 6 nitrogen and oxygen atoms in total. The standard InChI is InChI=1S/C16H17Cl2N5OS/c1-10-6-15(21-16(20-10)23(2)3)25-9-14(24)22-19-8-11-4-5-12(17)7-13(11)18/h4-8H,9H2,1-3H3,(H,22,24)/b19-8+. The molecule has 0 saturated heterocycles. The fourth-order valence-electron chi connectivity index (χ4n) is 1.75. The lowest BCUT2D eigenvalue weighted by Gasteiger charge is -2.11. The summed E-state index contributed by atoms with van der Waals surface area (Å²) in [6, 6.07) is 6.87. The third kappa shape index (κ3) is 6.19. The van der Waals surface area contributed by atoms with E-state index < -0.39 is 0 Å². The van der Waals surface area contributed by atoms with Crippen LogP contribution in [0.2, 0.25) is 10.0 Å². The number of benzene rings is 1. The molecule has 0 atom stereocenters. The maximum Gasteiger partial charge on any atom is 0.250 e.